The van der Waals surface area contributed by atoms with Crippen molar-refractivity contribution in [2.75, 3.05) is 20.3 Å². The fourth-order valence-corrected chi connectivity index (χ4v) is 3.46. The highest BCUT2D eigenvalue weighted by atomic mass is 19.3. The molecule has 164 valence electrons. The molecule has 0 radical (unpaired) electrons. The van der Waals surface area contributed by atoms with Crippen molar-refractivity contribution in [3.05, 3.63) is 47.0 Å². The summed E-state index contributed by atoms with van der Waals surface area (Å²) in [5.41, 5.74) is -0.638. The number of halogens is 4. The molecule has 1 aliphatic carbocycles. The molecule has 2 atom stereocenters. The summed E-state index contributed by atoms with van der Waals surface area (Å²) in [5, 5.41) is 0. The lowest BCUT2D eigenvalue weighted by molar-refractivity contribution is -0.0472. The van der Waals surface area contributed by atoms with E-state index in [1.54, 1.807) is 6.92 Å². The summed E-state index contributed by atoms with van der Waals surface area (Å²) in [6, 6.07) is 0.546. The lowest BCUT2D eigenvalue weighted by Gasteiger charge is -2.33. The zero-order chi connectivity index (χ0) is 21.9. The van der Waals surface area contributed by atoms with Gasteiger partial charge in [-0.15, -0.1) is 0 Å². The first kappa shape index (κ1) is 22.3. The van der Waals surface area contributed by atoms with Gasteiger partial charge < -0.3 is 14.2 Å². The van der Waals surface area contributed by atoms with Crippen LogP contribution in [0.2, 0.25) is 0 Å². The summed E-state index contributed by atoms with van der Waals surface area (Å²) in [6.45, 7) is 4.05. The Morgan fingerprint density at radius 2 is 1.93 bits per heavy atom. The highest BCUT2D eigenvalue weighted by Gasteiger charge is 2.49. The Bertz CT molecular complexity index is 878. The zero-order valence-electron chi connectivity index (χ0n) is 17.1. The number of ether oxygens (including phenoxy) is 3. The second kappa shape index (κ2) is 9.16. The number of fused-ring (bicyclic) bond motifs is 1. The zero-order valence-corrected chi connectivity index (χ0v) is 17.1. The molecule has 0 saturated heterocycles. The van der Waals surface area contributed by atoms with Gasteiger partial charge in [0, 0.05) is 17.7 Å². The van der Waals surface area contributed by atoms with Crippen LogP contribution in [-0.4, -0.2) is 36.4 Å². The molecule has 2 aromatic rings. The van der Waals surface area contributed by atoms with Crippen LogP contribution in [0.15, 0.2) is 18.5 Å². The van der Waals surface area contributed by atoms with E-state index < -0.39 is 40.9 Å². The molecule has 0 amide bonds. The highest BCUT2D eigenvalue weighted by Crippen LogP contribution is 2.51. The first-order valence-electron chi connectivity index (χ1n) is 9.79. The van der Waals surface area contributed by atoms with Crippen molar-refractivity contribution in [2.45, 2.75) is 51.1 Å². The van der Waals surface area contributed by atoms with Crippen LogP contribution in [-0.2, 0) is 17.1 Å². The smallest absolute Gasteiger partial charge is 0.283 e. The summed E-state index contributed by atoms with van der Waals surface area (Å²) >= 11 is 0. The van der Waals surface area contributed by atoms with Gasteiger partial charge in [-0.2, -0.15) is 4.39 Å². The molecule has 1 heterocycles. The third-order valence-electron chi connectivity index (χ3n) is 5.02. The van der Waals surface area contributed by atoms with Gasteiger partial charge in [-0.05, 0) is 32.3 Å². The van der Waals surface area contributed by atoms with Crippen molar-refractivity contribution in [2.24, 2.45) is 0 Å². The summed E-state index contributed by atoms with van der Waals surface area (Å²) in [5.74, 6) is -7.76. The summed E-state index contributed by atoms with van der Waals surface area (Å²) in [6.07, 6.45) is 3.01. The molecule has 1 aromatic heterocycles. The van der Waals surface area contributed by atoms with E-state index in [1.807, 2.05) is 6.92 Å². The summed E-state index contributed by atoms with van der Waals surface area (Å²) in [4.78, 5) is 7.92. The quantitative estimate of drug-likeness (QED) is 0.567. The van der Waals surface area contributed by atoms with E-state index in [-0.39, 0.29) is 30.8 Å². The molecular weight excluding hydrogens is 404 g/mol. The van der Waals surface area contributed by atoms with Gasteiger partial charge in [0.15, 0.2) is 17.3 Å². The van der Waals surface area contributed by atoms with E-state index >= 15 is 8.78 Å². The number of alkyl halides is 2. The topological polar surface area (TPSA) is 53.5 Å². The van der Waals surface area contributed by atoms with Crippen LogP contribution in [0.3, 0.4) is 0 Å². The minimum absolute atomic E-state index is 0.0358. The third kappa shape index (κ3) is 4.35. The maximum Gasteiger partial charge on any atom is 0.283 e. The Morgan fingerprint density at radius 3 is 2.57 bits per heavy atom. The lowest BCUT2D eigenvalue weighted by atomic mass is 9.79. The van der Waals surface area contributed by atoms with Crippen molar-refractivity contribution < 1.29 is 31.8 Å². The molecule has 1 aliphatic rings. The molecule has 0 aliphatic heterocycles. The van der Waals surface area contributed by atoms with E-state index in [9.17, 15) is 8.78 Å². The van der Waals surface area contributed by atoms with E-state index in [4.69, 9.17) is 14.2 Å². The number of hydrogen-bond donors (Lipinski definition) is 0. The lowest BCUT2D eigenvalue weighted by Crippen LogP contribution is -2.32. The Balaban J connectivity index is 1.92. The minimum atomic E-state index is -3.50. The van der Waals surface area contributed by atoms with E-state index in [1.165, 1.54) is 19.5 Å². The SMILES string of the molecule is CCCOC(C)COc1c(F)c(F)cc2c1CCC(c1ncc(OC)cn1)C2(F)F. The molecule has 2 unspecified atom stereocenters. The fraction of sp³-hybridized carbons (Fsp3) is 0.524. The van der Waals surface area contributed by atoms with Crippen LogP contribution < -0.4 is 9.47 Å². The maximum atomic E-state index is 15.3. The molecule has 9 heteroatoms. The minimum Gasteiger partial charge on any atom is -0.494 e. The maximum absolute atomic E-state index is 15.3. The van der Waals surface area contributed by atoms with Gasteiger partial charge in [-0.25, -0.2) is 23.1 Å². The van der Waals surface area contributed by atoms with Crippen LogP contribution in [0, 0.1) is 11.6 Å². The second-order valence-corrected chi connectivity index (χ2v) is 7.22. The summed E-state index contributed by atoms with van der Waals surface area (Å²) < 4.78 is 75.0. The average molecular weight is 428 g/mol. The number of nitrogens with zero attached hydrogens (tertiary/aromatic N) is 2. The van der Waals surface area contributed by atoms with Crippen LogP contribution in [0.25, 0.3) is 0 Å². The van der Waals surface area contributed by atoms with Crippen molar-refractivity contribution in [3.8, 4) is 11.5 Å². The molecule has 0 fully saturated rings. The predicted octanol–water partition coefficient (Wildman–Crippen LogP) is 4.78. The standard InChI is InChI=1S/C21H24F4N2O3/c1-4-7-29-12(2)11-30-19-14-5-6-15(20-26-9-13(28-3)10-27-20)21(24,25)16(14)8-17(22)18(19)23/h8-10,12,15H,4-7,11H2,1-3H3. The largest absolute Gasteiger partial charge is 0.494 e. The van der Waals surface area contributed by atoms with E-state index in [0.29, 0.717) is 18.4 Å². The van der Waals surface area contributed by atoms with Crippen LogP contribution in [0.1, 0.15) is 49.6 Å². The van der Waals surface area contributed by atoms with Crippen molar-refractivity contribution >= 4 is 0 Å². The second-order valence-electron chi connectivity index (χ2n) is 7.22. The predicted molar refractivity (Wildman–Crippen MR) is 101 cm³/mol. The Labute approximate surface area is 172 Å². The highest BCUT2D eigenvalue weighted by molar-refractivity contribution is 5.47. The van der Waals surface area contributed by atoms with Gasteiger partial charge in [-0.3, -0.25) is 0 Å². The van der Waals surface area contributed by atoms with Gasteiger partial charge in [-0.1, -0.05) is 6.92 Å². The number of methoxy groups -OCH3 is 1. The molecule has 0 N–H and O–H groups in total. The Hall–Kier alpha value is -2.42. The Kier molecular flexibility index (Phi) is 6.80. The Morgan fingerprint density at radius 1 is 1.23 bits per heavy atom. The van der Waals surface area contributed by atoms with Crippen molar-refractivity contribution in [3.63, 3.8) is 0 Å². The molecular formula is C21H24F4N2O3. The first-order chi connectivity index (χ1) is 14.3. The molecule has 0 saturated carbocycles. The third-order valence-corrected chi connectivity index (χ3v) is 5.02. The molecule has 1 aromatic carbocycles. The number of aromatic nitrogens is 2. The fourth-order valence-electron chi connectivity index (χ4n) is 3.46. The van der Waals surface area contributed by atoms with Gasteiger partial charge in [0.1, 0.15) is 12.4 Å². The first-order valence-corrected chi connectivity index (χ1v) is 9.79. The number of hydrogen-bond acceptors (Lipinski definition) is 5. The van der Waals surface area contributed by atoms with Gasteiger partial charge in [0.2, 0.25) is 5.82 Å². The molecule has 0 bridgehead atoms. The van der Waals surface area contributed by atoms with Crippen molar-refractivity contribution in [1.82, 2.24) is 9.97 Å². The number of rotatable bonds is 8. The monoisotopic (exact) mass is 428 g/mol. The van der Waals surface area contributed by atoms with Gasteiger partial charge >= 0.3 is 0 Å². The molecule has 0 spiro atoms. The molecule has 5 nitrogen and oxygen atoms in total. The average Bonchev–Trinajstić information content (AvgIpc) is 2.73. The van der Waals surface area contributed by atoms with Crippen LogP contribution in [0.5, 0.6) is 11.5 Å². The molecule has 30 heavy (non-hydrogen) atoms. The van der Waals surface area contributed by atoms with E-state index in [2.05, 4.69) is 9.97 Å². The normalized spacial score (nSPS) is 18.6. The van der Waals surface area contributed by atoms with Crippen LogP contribution in [0.4, 0.5) is 17.6 Å². The van der Waals surface area contributed by atoms with Gasteiger partial charge in [0.25, 0.3) is 5.92 Å². The summed E-state index contributed by atoms with van der Waals surface area (Å²) in [7, 11) is 1.41. The van der Waals surface area contributed by atoms with Crippen LogP contribution >= 0.6 is 0 Å². The number of benzene rings is 1. The molecule has 3 rings (SSSR count). The van der Waals surface area contributed by atoms with Crippen molar-refractivity contribution in [1.29, 1.82) is 0 Å². The van der Waals surface area contributed by atoms with Gasteiger partial charge in [0.05, 0.1) is 31.5 Å². The van der Waals surface area contributed by atoms with E-state index in [0.717, 1.165) is 6.42 Å².